The van der Waals surface area contributed by atoms with Crippen LogP contribution in [0.25, 0.3) is 0 Å². The molecule has 0 spiro atoms. The molecule has 0 saturated carbocycles. The molecule has 1 unspecified atom stereocenters. The number of carbonyl (C=O) groups excluding carboxylic acids is 2. The highest BCUT2D eigenvalue weighted by atomic mass is 16.5. The van der Waals surface area contributed by atoms with Crippen LogP contribution in [-0.4, -0.2) is 29.4 Å². The normalized spacial score (nSPS) is 19.1. The Morgan fingerprint density at radius 2 is 2.44 bits per heavy atom. The summed E-state index contributed by atoms with van der Waals surface area (Å²) in [5.74, 6) is 1.46. The molecule has 0 aromatic rings. The Kier molecular flexibility index (Phi) is 4.80. The van der Waals surface area contributed by atoms with Gasteiger partial charge in [0, 0.05) is 13.0 Å². The molecule has 0 aromatic heterocycles. The quantitative estimate of drug-likeness (QED) is 0.404. The van der Waals surface area contributed by atoms with E-state index in [1.54, 1.807) is 12.1 Å². The van der Waals surface area contributed by atoms with Crippen LogP contribution in [0.5, 0.6) is 0 Å². The van der Waals surface area contributed by atoms with Crippen molar-refractivity contribution < 1.29 is 14.3 Å². The lowest BCUT2D eigenvalue weighted by Crippen LogP contribution is -2.28. The topological polar surface area (TPSA) is 46.6 Å². The average molecular weight is 223 g/mol. The van der Waals surface area contributed by atoms with Gasteiger partial charge in [0.1, 0.15) is 0 Å². The van der Waals surface area contributed by atoms with Crippen LogP contribution in [0.4, 0.5) is 0 Å². The Morgan fingerprint density at radius 3 is 3.00 bits per heavy atom. The maximum atomic E-state index is 11.3. The van der Waals surface area contributed by atoms with E-state index in [2.05, 4.69) is 6.58 Å². The average Bonchev–Trinajstić information content (AvgIpc) is 2.74. The molecule has 1 heterocycles. The predicted octanol–water partition coefficient (Wildman–Crippen LogP) is 1.65. The molecule has 4 nitrogen and oxygen atoms in total. The minimum Gasteiger partial charge on any atom is -0.417 e. The number of ether oxygens (including phenoxy) is 1. The van der Waals surface area contributed by atoms with E-state index < -0.39 is 0 Å². The number of nitrogens with zero attached hydrogens (tertiary/aromatic N) is 1. The summed E-state index contributed by atoms with van der Waals surface area (Å²) < 4.78 is 5.02. The van der Waals surface area contributed by atoms with Gasteiger partial charge in [-0.05, 0) is 25.5 Å². The summed E-state index contributed by atoms with van der Waals surface area (Å²) >= 11 is 0. The van der Waals surface area contributed by atoms with Gasteiger partial charge in [0.2, 0.25) is 5.76 Å². The first-order valence-corrected chi connectivity index (χ1v) is 5.56. The first kappa shape index (κ1) is 12.5. The van der Waals surface area contributed by atoms with Gasteiger partial charge in [-0.2, -0.15) is 0 Å². The van der Waals surface area contributed by atoms with E-state index in [1.807, 2.05) is 11.8 Å². The van der Waals surface area contributed by atoms with Gasteiger partial charge in [-0.3, -0.25) is 4.79 Å². The molecule has 0 radical (unpaired) electrons. The maximum absolute atomic E-state index is 11.3. The fourth-order valence-electron chi connectivity index (χ4n) is 1.82. The molecule has 0 aromatic carbocycles. The number of likely N-dealkylation sites (tertiary alicyclic amines) is 1. The SMILES string of the molecule is C=CN1CCCC1C(=C=O)OC(=O)CCC. The van der Waals surface area contributed by atoms with E-state index in [1.165, 1.54) is 0 Å². The van der Waals surface area contributed by atoms with Crippen molar-refractivity contribution >= 4 is 11.9 Å². The first-order chi connectivity index (χ1) is 7.72. The highest BCUT2D eigenvalue weighted by Gasteiger charge is 2.28. The lowest BCUT2D eigenvalue weighted by molar-refractivity contribution is -0.140. The Labute approximate surface area is 95.6 Å². The van der Waals surface area contributed by atoms with Crippen LogP contribution in [0.3, 0.4) is 0 Å². The third-order valence-corrected chi connectivity index (χ3v) is 2.61. The summed E-state index contributed by atoms with van der Waals surface area (Å²) in [6, 6.07) is -0.171. The zero-order valence-corrected chi connectivity index (χ0v) is 9.57. The second-order valence-corrected chi connectivity index (χ2v) is 3.77. The molecule has 88 valence electrons. The third kappa shape index (κ3) is 2.97. The van der Waals surface area contributed by atoms with E-state index in [0.29, 0.717) is 12.8 Å². The number of hydrogen-bond donors (Lipinski definition) is 0. The van der Waals surface area contributed by atoms with E-state index in [-0.39, 0.29) is 17.8 Å². The molecule has 1 fully saturated rings. The summed E-state index contributed by atoms with van der Waals surface area (Å²) in [6.45, 7) is 6.39. The van der Waals surface area contributed by atoms with Gasteiger partial charge in [-0.25, -0.2) is 4.79 Å². The van der Waals surface area contributed by atoms with Crippen molar-refractivity contribution in [1.29, 1.82) is 0 Å². The Morgan fingerprint density at radius 1 is 1.69 bits per heavy atom. The molecule has 1 atom stereocenters. The maximum Gasteiger partial charge on any atom is 0.311 e. The number of rotatable bonds is 5. The van der Waals surface area contributed by atoms with E-state index in [9.17, 15) is 9.59 Å². The number of esters is 1. The summed E-state index contributed by atoms with van der Waals surface area (Å²) in [5.41, 5.74) is 0. The van der Waals surface area contributed by atoms with E-state index in [0.717, 1.165) is 19.4 Å². The number of carbonyl (C=O) groups is 1. The number of hydrogen-bond acceptors (Lipinski definition) is 4. The molecule has 1 saturated heterocycles. The van der Waals surface area contributed by atoms with Gasteiger partial charge in [-0.15, -0.1) is 0 Å². The fourth-order valence-corrected chi connectivity index (χ4v) is 1.82. The van der Waals surface area contributed by atoms with Crippen LogP contribution < -0.4 is 0 Å². The molecule has 16 heavy (non-hydrogen) atoms. The molecular formula is C12H17NO3. The van der Waals surface area contributed by atoms with Crippen molar-refractivity contribution in [3.63, 3.8) is 0 Å². The molecular weight excluding hydrogens is 206 g/mol. The Bertz CT molecular complexity index is 318. The zero-order valence-electron chi connectivity index (χ0n) is 9.57. The lowest BCUT2D eigenvalue weighted by atomic mass is 10.2. The minimum absolute atomic E-state index is 0.0934. The van der Waals surface area contributed by atoms with Crippen molar-refractivity contribution in [2.24, 2.45) is 0 Å². The third-order valence-electron chi connectivity index (χ3n) is 2.61. The standard InChI is InChI=1S/C12H17NO3/c1-3-6-12(15)16-11(9-14)10-7-5-8-13(10)4-2/h4,10H,2-3,5-8H2,1H3. The van der Waals surface area contributed by atoms with Gasteiger partial charge in [-0.1, -0.05) is 13.5 Å². The first-order valence-electron chi connectivity index (χ1n) is 5.56. The van der Waals surface area contributed by atoms with Crippen LogP contribution in [-0.2, 0) is 14.3 Å². The molecule has 1 aliphatic rings. The minimum atomic E-state index is -0.364. The van der Waals surface area contributed by atoms with Crippen molar-refractivity contribution in [3.05, 3.63) is 18.5 Å². The lowest BCUT2D eigenvalue weighted by Gasteiger charge is -2.21. The monoisotopic (exact) mass is 223 g/mol. The second kappa shape index (κ2) is 6.13. The summed E-state index contributed by atoms with van der Waals surface area (Å²) in [6.07, 6.45) is 4.47. The zero-order chi connectivity index (χ0) is 12.0. The molecule has 0 aliphatic carbocycles. The van der Waals surface area contributed by atoms with E-state index >= 15 is 0 Å². The highest BCUT2D eigenvalue weighted by molar-refractivity contribution is 5.72. The fraction of sp³-hybridized carbons (Fsp3) is 0.583. The van der Waals surface area contributed by atoms with Gasteiger partial charge in [0.05, 0.1) is 6.04 Å². The molecule has 1 aliphatic heterocycles. The summed E-state index contributed by atoms with van der Waals surface area (Å²) in [5, 5.41) is 0. The van der Waals surface area contributed by atoms with Crippen molar-refractivity contribution in [1.82, 2.24) is 4.90 Å². The second-order valence-electron chi connectivity index (χ2n) is 3.77. The predicted molar refractivity (Wildman–Crippen MR) is 60.1 cm³/mol. The summed E-state index contributed by atoms with van der Waals surface area (Å²) in [4.78, 5) is 24.0. The largest absolute Gasteiger partial charge is 0.417 e. The molecule has 0 amide bonds. The Balaban J connectivity index is 2.64. The molecule has 0 N–H and O–H groups in total. The van der Waals surface area contributed by atoms with Gasteiger partial charge in [0.25, 0.3) is 0 Å². The Hall–Kier alpha value is -1.54. The highest BCUT2D eigenvalue weighted by Crippen LogP contribution is 2.23. The van der Waals surface area contributed by atoms with Gasteiger partial charge in [0.15, 0.2) is 5.94 Å². The molecule has 4 heteroatoms. The van der Waals surface area contributed by atoms with Gasteiger partial charge < -0.3 is 9.64 Å². The van der Waals surface area contributed by atoms with Gasteiger partial charge >= 0.3 is 5.97 Å². The van der Waals surface area contributed by atoms with Crippen molar-refractivity contribution in [2.75, 3.05) is 6.54 Å². The van der Waals surface area contributed by atoms with Crippen LogP contribution in [0, 0.1) is 0 Å². The van der Waals surface area contributed by atoms with Crippen LogP contribution >= 0.6 is 0 Å². The van der Waals surface area contributed by atoms with Crippen molar-refractivity contribution in [2.45, 2.75) is 38.6 Å². The summed E-state index contributed by atoms with van der Waals surface area (Å²) in [7, 11) is 0. The smallest absolute Gasteiger partial charge is 0.311 e. The van der Waals surface area contributed by atoms with Crippen LogP contribution in [0.1, 0.15) is 32.6 Å². The molecule has 0 bridgehead atoms. The van der Waals surface area contributed by atoms with Crippen molar-refractivity contribution in [3.8, 4) is 0 Å². The van der Waals surface area contributed by atoms with E-state index in [4.69, 9.17) is 4.74 Å². The molecule has 1 rings (SSSR count). The van der Waals surface area contributed by atoms with Crippen LogP contribution in [0.2, 0.25) is 0 Å². The van der Waals surface area contributed by atoms with Crippen LogP contribution in [0.15, 0.2) is 18.5 Å².